The first-order chi connectivity index (χ1) is 14.0. The molecule has 2 aromatic carbocycles. The van der Waals surface area contributed by atoms with Crippen LogP contribution in [0.2, 0.25) is 5.02 Å². The molecule has 0 saturated heterocycles. The highest BCUT2D eigenvalue weighted by Gasteiger charge is 2.18. The number of amides is 1. The van der Waals surface area contributed by atoms with Crippen molar-refractivity contribution in [2.45, 2.75) is 20.4 Å². The third kappa shape index (κ3) is 3.54. The molecule has 4 rings (SSSR count). The number of nitrogens with one attached hydrogen (secondary N) is 1. The van der Waals surface area contributed by atoms with Gasteiger partial charge in [-0.25, -0.2) is 9.67 Å². The summed E-state index contributed by atoms with van der Waals surface area (Å²) in [5, 5.41) is 3.77. The van der Waals surface area contributed by atoms with Crippen LogP contribution in [0.4, 0.5) is 5.69 Å². The number of halogens is 1. The van der Waals surface area contributed by atoms with Gasteiger partial charge in [0.25, 0.3) is 5.56 Å². The van der Waals surface area contributed by atoms with E-state index in [1.165, 1.54) is 4.68 Å². The van der Waals surface area contributed by atoms with Crippen molar-refractivity contribution in [3.05, 3.63) is 87.3 Å². The molecule has 6 nitrogen and oxygen atoms in total. The number of benzene rings is 2. The predicted molar refractivity (Wildman–Crippen MR) is 115 cm³/mol. The van der Waals surface area contributed by atoms with Gasteiger partial charge in [-0.1, -0.05) is 41.4 Å². The predicted octanol–water partition coefficient (Wildman–Crippen LogP) is 4.10. The average Bonchev–Trinajstić information content (AvgIpc) is 2.98. The molecule has 0 radical (unpaired) electrons. The van der Waals surface area contributed by atoms with Gasteiger partial charge in [0.05, 0.1) is 21.8 Å². The second-order valence-electron chi connectivity index (χ2n) is 6.87. The summed E-state index contributed by atoms with van der Waals surface area (Å²) in [5.74, 6) is -0.305. The topological polar surface area (TPSA) is 68.9 Å². The summed E-state index contributed by atoms with van der Waals surface area (Å²) in [6, 6.07) is 16.4. The molecule has 0 fully saturated rings. The minimum Gasteiger partial charge on any atom is -0.323 e. The smallest absolute Gasteiger partial charge is 0.280 e. The van der Waals surface area contributed by atoms with E-state index in [1.807, 2.05) is 50.2 Å². The van der Waals surface area contributed by atoms with Crippen LogP contribution in [-0.2, 0) is 11.3 Å². The molecule has 0 aliphatic rings. The molecule has 0 spiro atoms. The van der Waals surface area contributed by atoms with Crippen LogP contribution in [0.25, 0.3) is 16.7 Å². The Morgan fingerprint density at radius 2 is 1.83 bits per heavy atom. The van der Waals surface area contributed by atoms with Gasteiger partial charge in [-0.05, 0) is 49.7 Å². The van der Waals surface area contributed by atoms with Gasteiger partial charge >= 0.3 is 0 Å². The number of hydrogen-bond acceptors (Lipinski definition) is 3. The van der Waals surface area contributed by atoms with E-state index in [4.69, 9.17) is 11.6 Å². The summed E-state index contributed by atoms with van der Waals surface area (Å²) in [5.41, 5.74) is 3.37. The first kappa shape index (κ1) is 19.0. The quantitative estimate of drug-likeness (QED) is 0.554. The molecule has 2 aromatic heterocycles. The first-order valence-electron chi connectivity index (χ1n) is 9.14. The monoisotopic (exact) mass is 406 g/mol. The van der Waals surface area contributed by atoms with Crippen LogP contribution >= 0.6 is 11.6 Å². The van der Waals surface area contributed by atoms with Crippen molar-refractivity contribution in [3.63, 3.8) is 0 Å². The minimum atomic E-state index is -0.305. The fraction of sp³-hybridized carbons (Fsp3) is 0.136. The number of aryl methyl sites for hydroxylation is 2. The normalized spacial score (nSPS) is 11.0. The van der Waals surface area contributed by atoms with E-state index in [9.17, 15) is 9.59 Å². The number of fused-ring (bicyclic) bond motifs is 1. The van der Waals surface area contributed by atoms with Crippen molar-refractivity contribution >= 4 is 34.2 Å². The molecule has 0 bridgehead atoms. The third-order valence-electron chi connectivity index (χ3n) is 4.73. The van der Waals surface area contributed by atoms with Crippen LogP contribution in [0.1, 0.15) is 11.1 Å². The molecule has 1 amide bonds. The lowest BCUT2D eigenvalue weighted by atomic mass is 10.2. The van der Waals surface area contributed by atoms with E-state index in [2.05, 4.69) is 10.3 Å². The Morgan fingerprint density at radius 1 is 1.07 bits per heavy atom. The largest absolute Gasteiger partial charge is 0.323 e. The highest BCUT2D eigenvalue weighted by atomic mass is 35.5. The van der Waals surface area contributed by atoms with Crippen LogP contribution in [0.15, 0.2) is 65.6 Å². The van der Waals surface area contributed by atoms with Gasteiger partial charge in [0.1, 0.15) is 6.54 Å². The Hall–Kier alpha value is -3.38. The zero-order valence-corrected chi connectivity index (χ0v) is 16.8. The molecule has 2 heterocycles. The summed E-state index contributed by atoms with van der Waals surface area (Å²) in [6.07, 6.45) is 1.60. The lowest BCUT2D eigenvalue weighted by Gasteiger charge is -2.13. The summed E-state index contributed by atoms with van der Waals surface area (Å²) >= 11 is 6.29. The highest BCUT2D eigenvalue weighted by Crippen LogP contribution is 2.25. The Morgan fingerprint density at radius 3 is 2.59 bits per heavy atom. The van der Waals surface area contributed by atoms with E-state index in [0.717, 1.165) is 11.1 Å². The number of carbonyl (C=O) groups is 1. The Labute approximate surface area is 172 Å². The minimum absolute atomic E-state index is 0.0894. The molecule has 0 unspecified atom stereocenters. The molecule has 0 atom stereocenters. The molecule has 0 saturated carbocycles. The van der Waals surface area contributed by atoms with Crippen LogP contribution in [0.3, 0.4) is 0 Å². The molecule has 7 heteroatoms. The second kappa shape index (κ2) is 7.56. The lowest BCUT2D eigenvalue weighted by molar-refractivity contribution is -0.116. The standard InChI is InChI=1S/C22H19ClN4O2/c1-14-8-10-16(11-9-14)27-22(29)17-6-4-12-24-21(17)26(27)13-19(28)25-18-7-3-5-15(2)20(18)23/h3-12H,13H2,1-2H3,(H,25,28). The number of carbonyl (C=O) groups excluding carboxylic acids is 1. The van der Waals surface area contributed by atoms with Crippen molar-refractivity contribution in [2.24, 2.45) is 0 Å². The van der Waals surface area contributed by atoms with E-state index < -0.39 is 0 Å². The molecule has 0 aliphatic carbocycles. The summed E-state index contributed by atoms with van der Waals surface area (Å²) in [6.45, 7) is 3.76. The van der Waals surface area contributed by atoms with Crippen molar-refractivity contribution in [3.8, 4) is 5.69 Å². The number of anilines is 1. The van der Waals surface area contributed by atoms with Gasteiger partial charge < -0.3 is 5.32 Å². The third-order valence-corrected chi connectivity index (χ3v) is 5.23. The molecule has 29 heavy (non-hydrogen) atoms. The Bertz CT molecular complexity index is 1270. The van der Waals surface area contributed by atoms with Crippen molar-refractivity contribution in [2.75, 3.05) is 5.32 Å². The molecular formula is C22H19ClN4O2. The maximum absolute atomic E-state index is 13.0. The van der Waals surface area contributed by atoms with Gasteiger partial charge in [0, 0.05) is 6.20 Å². The zero-order chi connectivity index (χ0) is 20.5. The van der Waals surface area contributed by atoms with Crippen LogP contribution in [0, 0.1) is 13.8 Å². The van der Waals surface area contributed by atoms with Gasteiger partial charge in [0.2, 0.25) is 5.91 Å². The molecule has 146 valence electrons. The SMILES string of the molecule is Cc1ccc(-n2c(=O)c3cccnc3n2CC(=O)Nc2cccc(C)c2Cl)cc1. The first-order valence-corrected chi connectivity index (χ1v) is 9.52. The van der Waals surface area contributed by atoms with E-state index in [1.54, 1.807) is 29.1 Å². The fourth-order valence-electron chi connectivity index (χ4n) is 3.25. The van der Waals surface area contributed by atoms with Gasteiger partial charge in [0.15, 0.2) is 5.65 Å². The van der Waals surface area contributed by atoms with Crippen LogP contribution in [-0.4, -0.2) is 20.3 Å². The summed E-state index contributed by atoms with van der Waals surface area (Å²) in [4.78, 5) is 30.2. The van der Waals surface area contributed by atoms with Gasteiger partial charge in [-0.15, -0.1) is 0 Å². The van der Waals surface area contributed by atoms with Crippen molar-refractivity contribution in [1.82, 2.24) is 14.3 Å². The van der Waals surface area contributed by atoms with E-state index in [0.29, 0.717) is 27.4 Å². The van der Waals surface area contributed by atoms with Crippen LogP contribution in [0.5, 0.6) is 0 Å². The van der Waals surface area contributed by atoms with E-state index in [-0.39, 0.29) is 18.0 Å². The maximum Gasteiger partial charge on any atom is 0.280 e. The zero-order valence-electron chi connectivity index (χ0n) is 16.0. The number of nitrogens with zero attached hydrogens (tertiary/aromatic N) is 3. The lowest BCUT2D eigenvalue weighted by Crippen LogP contribution is -2.27. The molecule has 1 N–H and O–H groups in total. The second-order valence-corrected chi connectivity index (χ2v) is 7.25. The van der Waals surface area contributed by atoms with Crippen molar-refractivity contribution in [1.29, 1.82) is 0 Å². The fourth-order valence-corrected chi connectivity index (χ4v) is 3.42. The molecular weight excluding hydrogens is 388 g/mol. The number of aromatic nitrogens is 3. The molecule has 0 aliphatic heterocycles. The van der Waals surface area contributed by atoms with Gasteiger partial charge in [-0.2, -0.15) is 0 Å². The number of hydrogen-bond donors (Lipinski definition) is 1. The van der Waals surface area contributed by atoms with Crippen molar-refractivity contribution < 1.29 is 4.79 Å². The highest BCUT2D eigenvalue weighted by molar-refractivity contribution is 6.34. The average molecular weight is 407 g/mol. The Kier molecular flexibility index (Phi) is 4.94. The van der Waals surface area contributed by atoms with Gasteiger partial charge in [-0.3, -0.25) is 14.3 Å². The maximum atomic E-state index is 13.0. The summed E-state index contributed by atoms with van der Waals surface area (Å²) in [7, 11) is 0. The molecule has 4 aromatic rings. The van der Waals surface area contributed by atoms with E-state index >= 15 is 0 Å². The van der Waals surface area contributed by atoms with Crippen LogP contribution < -0.4 is 10.9 Å². The Balaban J connectivity index is 1.77. The number of rotatable bonds is 4. The number of pyridine rings is 1. The summed E-state index contributed by atoms with van der Waals surface area (Å²) < 4.78 is 3.07.